The normalized spacial score (nSPS) is 18.7. The van der Waals surface area contributed by atoms with Gasteiger partial charge in [-0.15, -0.1) is 0 Å². The molecule has 1 aliphatic heterocycles. The Kier molecular flexibility index (Phi) is 3.17. The van der Waals surface area contributed by atoms with Gasteiger partial charge in [-0.05, 0) is 12.1 Å². The molecule has 1 heterocycles. The Balaban J connectivity index is 2.22. The number of fused-ring (bicyclic) bond motifs is 1. The summed E-state index contributed by atoms with van der Waals surface area (Å²) >= 11 is 8.90. The lowest BCUT2D eigenvalue weighted by molar-refractivity contribution is -0.125. The molecule has 1 aliphatic rings. The lowest BCUT2D eigenvalue weighted by Crippen LogP contribution is -2.37. The summed E-state index contributed by atoms with van der Waals surface area (Å²) < 4.78 is 10.9. The zero-order chi connectivity index (χ0) is 10.8. The highest BCUT2D eigenvalue weighted by Gasteiger charge is 2.26. The molecular formula is C10H8BrClO3. The second kappa shape index (κ2) is 4.41. The largest absolute Gasteiger partial charge is 0.485 e. The number of alkyl halides is 1. The van der Waals surface area contributed by atoms with Crippen LogP contribution in [0, 0.1) is 0 Å². The number of rotatable bonds is 2. The molecule has 0 spiro atoms. The smallest absolute Gasteiger partial charge is 0.191 e. The minimum atomic E-state index is -0.546. The fourth-order valence-electron chi connectivity index (χ4n) is 1.29. The van der Waals surface area contributed by atoms with Gasteiger partial charge in [-0.3, -0.25) is 4.79 Å². The van der Waals surface area contributed by atoms with Crippen molar-refractivity contribution in [1.29, 1.82) is 0 Å². The number of Topliss-reactive ketones (excluding diaryl/α,β-unsaturated/α-hetero) is 1. The monoisotopic (exact) mass is 290 g/mol. The van der Waals surface area contributed by atoms with Gasteiger partial charge in [0.1, 0.15) is 6.61 Å². The van der Waals surface area contributed by atoms with E-state index in [9.17, 15) is 4.79 Å². The Bertz CT molecular complexity index is 394. The third-order valence-corrected chi connectivity index (χ3v) is 2.84. The molecule has 1 unspecified atom stereocenters. The molecule has 1 aromatic rings. The Morgan fingerprint density at radius 3 is 3.07 bits per heavy atom. The Morgan fingerprint density at radius 2 is 2.33 bits per heavy atom. The van der Waals surface area contributed by atoms with Gasteiger partial charge in [0.05, 0.1) is 5.33 Å². The summed E-state index contributed by atoms with van der Waals surface area (Å²) in [6, 6.07) is 5.09. The van der Waals surface area contributed by atoms with Crippen LogP contribution in [-0.2, 0) is 4.79 Å². The minimum Gasteiger partial charge on any atom is -0.485 e. The fraction of sp³-hybridized carbons (Fsp3) is 0.300. The Hall–Kier alpha value is -0.740. The highest BCUT2D eigenvalue weighted by atomic mass is 79.9. The molecule has 1 aromatic carbocycles. The molecule has 0 amide bonds. The van der Waals surface area contributed by atoms with Crippen LogP contribution < -0.4 is 9.47 Å². The number of ketones is 1. The van der Waals surface area contributed by atoms with Crippen LogP contribution in [-0.4, -0.2) is 23.8 Å². The molecule has 15 heavy (non-hydrogen) atoms. The Labute approximate surface area is 100 Å². The van der Waals surface area contributed by atoms with E-state index in [4.69, 9.17) is 21.1 Å². The van der Waals surface area contributed by atoms with Crippen molar-refractivity contribution in [2.45, 2.75) is 6.10 Å². The molecule has 0 aliphatic carbocycles. The van der Waals surface area contributed by atoms with E-state index < -0.39 is 6.10 Å². The van der Waals surface area contributed by atoms with Crippen molar-refractivity contribution < 1.29 is 14.3 Å². The summed E-state index contributed by atoms with van der Waals surface area (Å²) in [4.78, 5) is 11.4. The lowest BCUT2D eigenvalue weighted by atomic mass is 10.2. The zero-order valence-corrected chi connectivity index (χ0v) is 10.0. The first-order chi connectivity index (χ1) is 7.20. The summed E-state index contributed by atoms with van der Waals surface area (Å²) in [6.07, 6.45) is -0.546. The fourth-order valence-corrected chi connectivity index (χ4v) is 1.81. The first-order valence-corrected chi connectivity index (χ1v) is 5.88. The second-order valence-electron chi connectivity index (χ2n) is 3.11. The molecular weight excluding hydrogens is 283 g/mol. The van der Waals surface area contributed by atoms with E-state index in [1.165, 1.54) is 0 Å². The number of halogens is 2. The van der Waals surface area contributed by atoms with E-state index in [1.54, 1.807) is 18.2 Å². The second-order valence-corrected chi connectivity index (χ2v) is 4.11. The SMILES string of the molecule is O=C(CBr)C1COc2ccc(Cl)cc2O1. The third-order valence-electron chi connectivity index (χ3n) is 2.06. The molecule has 0 N–H and O–H groups in total. The van der Waals surface area contributed by atoms with Crippen molar-refractivity contribution in [1.82, 2.24) is 0 Å². The summed E-state index contributed by atoms with van der Waals surface area (Å²) in [6.45, 7) is 0.249. The maximum atomic E-state index is 11.4. The number of carbonyl (C=O) groups excluding carboxylic acids is 1. The van der Waals surface area contributed by atoms with Gasteiger partial charge in [-0.1, -0.05) is 27.5 Å². The number of hydrogen-bond acceptors (Lipinski definition) is 3. The van der Waals surface area contributed by atoms with E-state index in [2.05, 4.69) is 15.9 Å². The molecule has 1 atom stereocenters. The maximum absolute atomic E-state index is 11.4. The number of benzene rings is 1. The minimum absolute atomic E-state index is 0.0411. The molecule has 0 bridgehead atoms. The molecule has 3 nitrogen and oxygen atoms in total. The van der Waals surface area contributed by atoms with Gasteiger partial charge in [0.15, 0.2) is 23.4 Å². The average Bonchev–Trinajstić information content (AvgIpc) is 2.27. The number of carbonyl (C=O) groups is 1. The molecule has 0 aromatic heterocycles. The zero-order valence-electron chi connectivity index (χ0n) is 7.70. The molecule has 0 radical (unpaired) electrons. The van der Waals surface area contributed by atoms with Crippen molar-refractivity contribution in [2.24, 2.45) is 0 Å². The molecule has 80 valence electrons. The third kappa shape index (κ3) is 2.26. The Morgan fingerprint density at radius 1 is 1.53 bits per heavy atom. The van der Waals surface area contributed by atoms with Crippen molar-refractivity contribution in [2.75, 3.05) is 11.9 Å². The van der Waals surface area contributed by atoms with E-state index in [1.807, 2.05) is 0 Å². The van der Waals surface area contributed by atoms with Crippen LogP contribution in [0.5, 0.6) is 11.5 Å². The van der Waals surface area contributed by atoms with Gasteiger partial charge in [0.2, 0.25) is 0 Å². The van der Waals surface area contributed by atoms with Gasteiger partial charge < -0.3 is 9.47 Å². The first-order valence-electron chi connectivity index (χ1n) is 4.38. The summed E-state index contributed by atoms with van der Waals surface area (Å²) in [5.41, 5.74) is 0. The summed E-state index contributed by atoms with van der Waals surface area (Å²) in [5.74, 6) is 1.10. The van der Waals surface area contributed by atoms with E-state index in [0.717, 1.165) is 0 Å². The van der Waals surface area contributed by atoms with Crippen molar-refractivity contribution in [3.05, 3.63) is 23.2 Å². The standard InChI is InChI=1S/C10H8BrClO3/c11-4-7(13)10-5-14-8-2-1-6(12)3-9(8)15-10/h1-3,10H,4-5H2. The predicted molar refractivity (Wildman–Crippen MR) is 60.2 cm³/mol. The molecule has 0 saturated heterocycles. The molecule has 2 rings (SSSR count). The average molecular weight is 292 g/mol. The van der Waals surface area contributed by atoms with Crippen LogP contribution in [0.4, 0.5) is 0 Å². The van der Waals surface area contributed by atoms with E-state index in [-0.39, 0.29) is 17.7 Å². The number of ether oxygens (including phenoxy) is 2. The molecule has 0 fully saturated rings. The van der Waals surface area contributed by atoms with E-state index >= 15 is 0 Å². The van der Waals surface area contributed by atoms with Gasteiger partial charge in [0, 0.05) is 11.1 Å². The van der Waals surface area contributed by atoms with E-state index in [0.29, 0.717) is 16.5 Å². The van der Waals surface area contributed by atoms with Crippen molar-refractivity contribution >= 4 is 33.3 Å². The van der Waals surface area contributed by atoms with Gasteiger partial charge >= 0.3 is 0 Å². The quantitative estimate of drug-likeness (QED) is 0.785. The highest BCUT2D eigenvalue weighted by Crippen LogP contribution is 2.34. The molecule has 5 heteroatoms. The lowest BCUT2D eigenvalue weighted by Gasteiger charge is -2.25. The van der Waals surface area contributed by atoms with Gasteiger partial charge in [-0.2, -0.15) is 0 Å². The van der Waals surface area contributed by atoms with Crippen LogP contribution >= 0.6 is 27.5 Å². The van der Waals surface area contributed by atoms with Gasteiger partial charge in [0.25, 0.3) is 0 Å². The van der Waals surface area contributed by atoms with Crippen LogP contribution in [0.3, 0.4) is 0 Å². The van der Waals surface area contributed by atoms with Crippen molar-refractivity contribution in [3.8, 4) is 11.5 Å². The van der Waals surface area contributed by atoms with Crippen LogP contribution in [0.1, 0.15) is 0 Å². The number of hydrogen-bond donors (Lipinski definition) is 0. The van der Waals surface area contributed by atoms with Crippen LogP contribution in [0.2, 0.25) is 5.02 Å². The molecule has 0 saturated carbocycles. The topological polar surface area (TPSA) is 35.5 Å². The maximum Gasteiger partial charge on any atom is 0.191 e. The van der Waals surface area contributed by atoms with Gasteiger partial charge in [-0.25, -0.2) is 0 Å². The highest BCUT2D eigenvalue weighted by molar-refractivity contribution is 9.09. The van der Waals surface area contributed by atoms with Crippen molar-refractivity contribution in [3.63, 3.8) is 0 Å². The summed E-state index contributed by atoms with van der Waals surface area (Å²) in [7, 11) is 0. The predicted octanol–water partition coefficient (Wildman–Crippen LogP) is 2.44. The summed E-state index contributed by atoms with van der Waals surface area (Å²) in [5, 5.41) is 0.820. The van der Waals surface area contributed by atoms with Crippen LogP contribution in [0.25, 0.3) is 0 Å². The first kappa shape index (κ1) is 10.8. The van der Waals surface area contributed by atoms with Crippen LogP contribution in [0.15, 0.2) is 18.2 Å².